The Morgan fingerprint density at radius 2 is 2.00 bits per heavy atom. The molecule has 1 unspecified atom stereocenters. The first-order valence-corrected chi connectivity index (χ1v) is 11.9. The second kappa shape index (κ2) is 10.3. The molecule has 0 aliphatic carbocycles. The lowest BCUT2D eigenvalue weighted by molar-refractivity contribution is -0.155. The SMILES string of the molecule is CC1(C(=O)NN2CCC(=O)N3CCC[C@@H](C(=O)N[C@H](C=O)CC(=O)O)N3C2=O)NC=Cc2ccccc21. The number of nitrogens with one attached hydrogen (secondary N) is 3. The first-order valence-electron chi connectivity index (χ1n) is 11.9. The average Bonchev–Trinajstić information content (AvgIpc) is 3.00. The number of carboxylic acids is 1. The van der Waals surface area contributed by atoms with Crippen LogP contribution in [0.3, 0.4) is 0 Å². The van der Waals surface area contributed by atoms with Gasteiger partial charge in [0.1, 0.15) is 17.9 Å². The molecule has 0 aromatic heterocycles. The Hall–Kier alpha value is -4.42. The normalized spacial score (nSPS) is 23.7. The van der Waals surface area contributed by atoms with E-state index in [4.69, 9.17) is 5.11 Å². The van der Waals surface area contributed by atoms with Crippen LogP contribution in [0.1, 0.15) is 43.7 Å². The number of hydrogen-bond acceptors (Lipinski definition) is 7. The summed E-state index contributed by atoms with van der Waals surface area (Å²) in [6.45, 7) is 1.75. The van der Waals surface area contributed by atoms with Crippen LogP contribution in [0.5, 0.6) is 0 Å². The standard InChI is InChI=1S/C24H28N6O7/c1-24(17-6-3-2-5-15(17)8-10-25-24)22(36)27-28-12-9-19(32)29-11-4-7-18(30(29)23(28)37)21(35)26-16(14-31)13-20(33)34/h2-3,5-6,8,10,14,16,18,25H,4,7,9,11-13H2,1H3,(H,26,35)(H,27,36)(H,33,34)/t16-,18-,24?/m0/s1. The molecule has 0 bridgehead atoms. The van der Waals surface area contributed by atoms with Crippen molar-refractivity contribution in [3.63, 3.8) is 0 Å². The van der Waals surface area contributed by atoms with Crippen molar-refractivity contribution in [3.05, 3.63) is 41.6 Å². The lowest BCUT2D eigenvalue weighted by atomic mass is 9.85. The Labute approximate surface area is 212 Å². The molecule has 0 radical (unpaired) electrons. The van der Waals surface area contributed by atoms with Gasteiger partial charge in [0.05, 0.1) is 19.0 Å². The third-order valence-corrected chi connectivity index (χ3v) is 6.68. The van der Waals surface area contributed by atoms with Gasteiger partial charge in [-0.15, -0.1) is 0 Å². The molecule has 3 atom stereocenters. The largest absolute Gasteiger partial charge is 0.481 e. The van der Waals surface area contributed by atoms with Crippen LogP contribution in [0.15, 0.2) is 30.5 Å². The molecule has 3 aliphatic heterocycles. The van der Waals surface area contributed by atoms with Crippen molar-refractivity contribution in [1.82, 2.24) is 31.1 Å². The van der Waals surface area contributed by atoms with Crippen molar-refractivity contribution >= 4 is 42.1 Å². The summed E-state index contributed by atoms with van der Waals surface area (Å²) in [5.41, 5.74) is 2.93. The van der Waals surface area contributed by atoms with Gasteiger partial charge >= 0.3 is 12.0 Å². The minimum Gasteiger partial charge on any atom is -0.481 e. The number of benzene rings is 1. The number of fused-ring (bicyclic) bond motifs is 2. The number of rotatable bonds is 7. The lowest BCUT2D eigenvalue weighted by Gasteiger charge is -2.43. The topological polar surface area (TPSA) is 168 Å². The Kier molecular flexibility index (Phi) is 7.14. The number of urea groups is 1. The van der Waals surface area contributed by atoms with Crippen molar-refractivity contribution in [1.29, 1.82) is 0 Å². The molecule has 2 saturated heterocycles. The van der Waals surface area contributed by atoms with Crippen LogP contribution < -0.4 is 16.1 Å². The summed E-state index contributed by atoms with van der Waals surface area (Å²) in [5, 5.41) is 17.5. The molecule has 3 heterocycles. The van der Waals surface area contributed by atoms with Gasteiger partial charge in [0.25, 0.3) is 5.91 Å². The highest BCUT2D eigenvalue weighted by Gasteiger charge is 2.46. The van der Waals surface area contributed by atoms with E-state index >= 15 is 0 Å². The number of aliphatic carboxylic acids is 1. The zero-order valence-electron chi connectivity index (χ0n) is 20.2. The first-order chi connectivity index (χ1) is 17.7. The summed E-state index contributed by atoms with van der Waals surface area (Å²) >= 11 is 0. The van der Waals surface area contributed by atoms with Crippen molar-refractivity contribution < 1.29 is 33.9 Å². The zero-order valence-corrected chi connectivity index (χ0v) is 20.2. The van der Waals surface area contributed by atoms with Crippen molar-refractivity contribution in [3.8, 4) is 0 Å². The monoisotopic (exact) mass is 512 g/mol. The summed E-state index contributed by atoms with van der Waals surface area (Å²) in [7, 11) is 0. The lowest BCUT2D eigenvalue weighted by Crippen LogP contribution is -2.66. The van der Waals surface area contributed by atoms with Crippen LogP contribution in [0, 0.1) is 0 Å². The van der Waals surface area contributed by atoms with Gasteiger partial charge in [-0.3, -0.25) is 24.6 Å². The minimum absolute atomic E-state index is 0.0898. The summed E-state index contributed by atoms with van der Waals surface area (Å²) in [6.07, 6.45) is 3.65. The van der Waals surface area contributed by atoms with E-state index in [1.165, 1.54) is 5.01 Å². The van der Waals surface area contributed by atoms with Crippen molar-refractivity contribution in [2.45, 2.75) is 50.2 Å². The molecule has 4 N–H and O–H groups in total. The third kappa shape index (κ3) is 4.97. The number of aldehydes is 1. The van der Waals surface area contributed by atoms with Gasteiger partial charge in [-0.25, -0.2) is 19.8 Å². The number of carboxylic acid groups (broad SMARTS) is 1. The van der Waals surface area contributed by atoms with E-state index in [0.29, 0.717) is 18.3 Å². The van der Waals surface area contributed by atoms with Crippen LogP contribution in [-0.2, 0) is 29.5 Å². The highest BCUT2D eigenvalue weighted by molar-refractivity contribution is 5.94. The highest BCUT2D eigenvalue weighted by Crippen LogP contribution is 2.30. The van der Waals surface area contributed by atoms with Crippen LogP contribution >= 0.6 is 0 Å². The maximum Gasteiger partial charge on any atom is 0.358 e. The van der Waals surface area contributed by atoms with Crippen LogP contribution in [0.25, 0.3) is 6.08 Å². The highest BCUT2D eigenvalue weighted by atomic mass is 16.4. The molecule has 4 rings (SSSR count). The number of carbonyl (C=O) groups is 6. The maximum absolute atomic E-state index is 13.6. The summed E-state index contributed by atoms with van der Waals surface area (Å²) in [5.74, 6) is -2.99. The molecular formula is C24H28N6O7. The fourth-order valence-electron chi connectivity index (χ4n) is 4.71. The van der Waals surface area contributed by atoms with Crippen molar-refractivity contribution in [2.24, 2.45) is 0 Å². The van der Waals surface area contributed by atoms with Gasteiger partial charge in [0, 0.05) is 13.0 Å². The summed E-state index contributed by atoms with van der Waals surface area (Å²) in [4.78, 5) is 75.2. The van der Waals surface area contributed by atoms with Crippen LogP contribution in [0.4, 0.5) is 4.79 Å². The molecule has 0 spiro atoms. The molecular weight excluding hydrogens is 484 g/mol. The molecule has 1 aromatic carbocycles. The quantitative estimate of drug-likeness (QED) is 0.361. The fraction of sp³-hybridized carbons (Fsp3) is 0.417. The molecule has 196 valence electrons. The third-order valence-electron chi connectivity index (χ3n) is 6.68. The minimum atomic E-state index is -1.29. The molecule has 37 heavy (non-hydrogen) atoms. The number of nitrogens with zero attached hydrogens (tertiary/aromatic N) is 3. The van der Waals surface area contributed by atoms with Gasteiger partial charge < -0.3 is 20.5 Å². The van der Waals surface area contributed by atoms with Gasteiger partial charge in [-0.05, 0) is 43.2 Å². The second-order valence-electron chi connectivity index (χ2n) is 9.18. The Balaban J connectivity index is 1.56. The van der Waals surface area contributed by atoms with Gasteiger partial charge in [-0.1, -0.05) is 24.3 Å². The van der Waals surface area contributed by atoms with E-state index in [9.17, 15) is 28.8 Å². The van der Waals surface area contributed by atoms with Crippen LogP contribution in [-0.4, -0.2) is 81.3 Å². The van der Waals surface area contributed by atoms with Gasteiger partial charge in [0.2, 0.25) is 11.8 Å². The fourth-order valence-corrected chi connectivity index (χ4v) is 4.71. The maximum atomic E-state index is 13.6. The number of carbonyl (C=O) groups excluding carboxylic acids is 5. The zero-order chi connectivity index (χ0) is 26.7. The molecule has 2 fully saturated rings. The Morgan fingerprint density at radius 1 is 1.24 bits per heavy atom. The van der Waals surface area contributed by atoms with E-state index in [0.717, 1.165) is 15.6 Å². The van der Waals surface area contributed by atoms with Crippen molar-refractivity contribution in [2.75, 3.05) is 13.1 Å². The number of hydrogen-bond donors (Lipinski definition) is 4. The molecule has 0 saturated carbocycles. The van der Waals surface area contributed by atoms with E-state index in [-0.39, 0.29) is 25.9 Å². The smallest absolute Gasteiger partial charge is 0.358 e. The molecule has 13 heteroatoms. The summed E-state index contributed by atoms with van der Waals surface area (Å²) in [6, 6.07) is 4.05. The summed E-state index contributed by atoms with van der Waals surface area (Å²) < 4.78 is 0. The van der Waals surface area contributed by atoms with E-state index in [2.05, 4.69) is 16.1 Å². The van der Waals surface area contributed by atoms with Crippen LogP contribution in [0.2, 0.25) is 0 Å². The molecule has 3 aliphatic rings. The predicted octanol–water partition coefficient (Wildman–Crippen LogP) is -0.301. The van der Waals surface area contributed by atoms with Gasteiger partial charge in [-0.2, -0.15) is 0 Å². The number of hydrazine groups is 2. The Bertz CT molecular complexity index is 1170. The number of amides is 5. The van der Waals surface area contributed by atoms with Gasteiger partial charge in [0.15, 0.2) is 0 Å². The molecule has 13 nitrogen and oxygen atoms in total. The predicted molar refractivity (Wildman–Crippen MR) is 128 cm³/mol. The van der Waals surface area contributed by atoms with E-state index < -0.39 is 53.8 Å². The van der Waals surface area contributed by atoms with E-state index in [1.54, 1.807) is 25.3 Å². The molecule has 5 amide bonds. The average molecular weight is 513 g/mol. The van der Waals surface area contributed by atoms with E-state index in [1.807, 2.05) is 18.2 Å². The first kappa shape index (κ1) is 25.7. The second-order valence-corrected chi connectivity index (χ2v) is 9.18. The Morgan fingerprint density at radius 3 is 2.73 bits per heavy atom. The molecule has 1 aromatic rings.